The number of ether oxygens (including phenoxy) is 5. The van der Waals surface area contributed by atoms with Crippen LogP contribution >= 0.6 is 0 Å². The van der Waals surface area contributed by atoms with E-state index in [-0.39, 0.29) is 13.2 Å². The number of esters is 3. The van der Waals surface area contributed by atoms with Crippen LogP contribution in [0.2, 0.25) is 0 Å². The lowest BCUT2D eigenvalue weighted by Gasteiger charge is -2.45. The van der Waals surface area contributed by atoms with Gasteiger partial charge in [0.05, 0.1) is 6.61 Å². The molecule has 0 aromatic carbocycles. The molecule has 0 unspecified atom stereocenters. The zero-order valence-corrected chi connectivity index (χ0v) is 13.6. The van der Waals surface area contributed by atoms with Crippen molar-refractivity contribution in [1.82, 2.24) is 0 Å². The van der Waals surface area contributed by atoms with E-state index in [0.717, 1.165) is 13.8 Å². The second-order valence-corrected chi connectivity index (χ2v) is 4.87. The summed E-state index contributed by atoms with van der Waals surface area (Å²) in [6, 6.07) is 0. The molecule has 130 valence electrons. The van der Waals surface area contributed by atoms with Gasteiger partial charge in [0.2, 0.25) is 18.0 Å². The Kier molecular flexibility index (Phi) is 6.78. The molecule has 0 aliphatic carbocycles. The Hall–Kier alpha value is -2.55. The van der Waals surface area contributed by atoms with Crippen molar-refractivity contribution in [2.75, 3.05) is 13.2 Å². The molecule has 0 aromatic rings. The fourth-order valence-corrected chi connectivity index (χ4v) is 2.23. The smallest absolute Gasteiger partial charge is 0.305 e. The first-order chi connectivity index (χ1) is 11.3. The lowest BCUT2D eigenvalue weighted by molar-refractivity contribution is -0.294. The topological polar surface area (TPSA) is 97.4 Å². The largest absolute Gasteiger partial charge is 0.456 e. The van der Waals surface area contributed by atoms with E-state index in [1.807, 2.05) is 0 Å². The highest BCUT2D eigenvalue weighted by Crippen LogP contribution is 2.34. The van der Waals surface area contributed by atoms with Gasteiger partial charge in [-0.05, 0) is 0 Å². The van der Waals surface area contributed by atoms with Crippen LogP contribution in [0.4, 0.5) is 0 Å². The third-order valence-corrected chi connectivity index (χ3v) is 3.06. The second kappa shape index (κ2) is 8.34. The van der Waals surface area contributed by atoms with Gasteiger partial charge >= 0.3 is 17.9 Å². The first-order valence-corrected chi connectivity index (χ1v) is 6.95. The molecule has 1 heterocycles. The summed E-state index contributed by atoms with van der Waals surface area (Å²) in [6.45, 7) is 2.94. The maximum Gasteiger partial charge on any atom is 0.305 e. The molecule has 1 fully saturated rings. The minimum Gasteiger partial charge on any atom is -0.456 e. The van der Waals surface area contributed by atoms with Crippen molar-refractivity contribution < 1.29 is 38.1 Å². The van der Waals surface area contributed by atoms with Crippen LogP contribution in [-0.2, 0) is 38.1 Å². The maximum atomic E-state index is 11.5. The Balaban J connectivity index is 3.32. The number of terminal acetylenes is 2. The van der Waals surface area contributed by atoms with E-state index in [2.05, 4.69) is 11.8 Å². The van der Waals surface area contributed by atoms with E-state index >= 15 is 0 Å². The van der Waals surface area contributed by atoms with Gasteiger partial charge in [0.1, 0.15) is 6.61 Å². The third kappa shape index (κ3) is 4.48. The lowest BCUT2D eigenvalue weighted by atomic mass is 9.87. The minimum absolute atomic E-state index is 0.246. The highest BCUT2D eigenvalue weighted by atomic mass is 16.7. The highest BCUT2D eigenvalue weighted by molar-refractivity contribution is 5.68. The summed E-state index contributed by atoms with van der Waals surface area (Å²) in [5.74, 6) is 2.48. The van der Waals surface area contributed by atoms with Crippen molar-refractivity contribution in [2.24, 2.45) is 0 Å². The molecule has 1 aliphatic rings. The van der Waals surface area contributed by atoms with Crippen molar-refractivity contribution in [3.05, 3.63) is 0 Å². The number of hydrogen-bond donors (Lipinski definition) is 0. The van der Waals surface area contributed by atoms with E-state index in [1.54, 1.807) is 0 Å². The van der Waals surface area contributed by atoms with Gasteiger partial charge in [-0.15, -0.1) is 12.8 Å². The molecule has 0 aromatic heterocycles. The second-order valence-electron chi connectivity index (χ2n) is 4.87. The van der Waals surface area contributed by atoms with Crippen LogP contribution in [0.1, 0.15) is 20.8 Å². The fourth-order valence-electron chi connectivity index (χ4n) is 2.23. The highest BCUT2D eigenvalue weighted by Gasteiger charge is 2.58. The van der Waals surface area contributed by atoms with E-state index < -0.39 is 42.0 Å². The summed E-state index contributed by atoms with van der Waals surface area (Å²) in [5, 5.41) is 0. The molecular weight excluding hydrogens is 320 g/mol. The normalized spacial score (nSPS) is 28.8. The Morgan fingerprint density at radius 3 is 2.12 bits per heavy atom. The van der Waals surface area contributed by atoms with Gasteiger partial charge in [0.15, 0.2) is 6.10 Å². The van der Waals surface area contributed by atoms with Crippen molar-refractivity contribution >= 4 is 17.9 Å². The molecule has 8 nitrogen and oxygen atoms in total. The Morgan fingerprint density at radius 2 is 1.67 bits per heavy atom. The average molecular weight is 338 g/mol. The molecule has 0 bridgehead atoms. The molecular formula is C16H18O8. The molecule has 0 saturated carbocycles. The molecule has 8 heteroatoms. The van der Waals surface area contributed by atoms with E-state index in [0.29, 0.717) is 0 Å². The average Bonchev–Trinajstić information content (AvgIpc) is 2.48. The zero-order chi connectivity index (χ0) is 18.3. The van der Waals surface area contributed by atoms with Crippen LogP contribution in [0.15, 0.2) is 0 Å². The van der Waals surface area contributed by atoms with Crippen LogP contribution in [-0.4, -0.2) is 55.2 Å². The van der Waals surface area contributed by atoms with Gasteiger partial charge in [0.25, 0.3) is 0 Å². The molecule has 1 aliphatic heterocycles. The van der Waals surface area contributed by atoms with E-state index in [9.17, 15) is 14.4 Å². The quantitative estimate of drug-likeness (QED) is 0.386. The Bertz CT molecular complexity index is 584. The minimum atomic E-state index is -1.78. The molecule has 0 amide bonds. The van der Waals surface area contributed by atoms with Crippen molar-refractivity contribution in [3.63, 3.8) is 0 Å². The molecule has 0 spiro atoms. The van der Waals surface area contributed by atoms with Crippen LogP contribution in [0.3, 0.4) is 0 Å². The molecule has 1 rings (SSSR count). The summed E-state index contributed by atoms with van der Waals surface area (Å²) in [4.78, 5) is 34.1. The standard InChI is InChI=1S/C16H18O8/c1-6-8-21-16(7-2)13(22-10(3)17)9-20-15(24-12(5)19)14(16)23-11(4)18/h1-2,13-15H,8-9H2,3-5H3/t13-,14+,15+,16-/m1/s1. The monoisotopic (exact) mass is 338 g/mol. The van der Waals surface area contributed by atoms with Gasteiger partial charge in [0, 0.05) is 20.8 Å². The number of rotatable bonds is 5. The van der Waals surface area contributed by atoms with Crippen LogP contribution in [0.5, 0.6) is 0 Å². The van der Waals surface area contributed by atoms with E-state index in [1.165, 1.54) is 6.92 Å². The maximum absolute atomic E-state index is 11.5. The summed E-state index contributed by atoms with van der Waals surface area (Å²) in [7, 11) is 0. The summed E-state index contributed by atoms with van der Waals surface area (Å²) < 4.78 is 26.1. The number of hydrogen-bond acceptors (Lipinski definition) is 8. The van der Waals surface area contributed by atoms with Crippen LogP contribution in [0.25, 0.3) is 0 Å². The van der Waals surface area contributed by atoms with Gasteiger partial charge in [-0.2, -0.15) is 0 Å². The predicted octanol–water partition coefficient (Wildman–Crippen LogP) is -0.209. The molecule has 4 atom stereocenters. The molecule has 1 saturated heterocycles. The third-order valence-electron chi connectivity index (χ3n) is 3.06. The first-order valence-electron chi connectivity index (χ1n) is 6.95. The van der Waals surface area contributed by atoms with Crippen molar-refractivity contribution in [2.45, 2.75) is 44.9 Å². The fraction of sp³-hybridized carbons (Fsp3) is 0.562. The van der Waals surface area contributed by atoms with Crippen molar-refractivity contribution in [3.8, 4) is 24.7 Å². The number of carbonyl (C=O) groups is 3. The molecule has 0 radical (unpaired) electrons. The van der Waals surface area contributed by atoms with Crippen LogP contribution in [0, 0.1) is 24.7 Å². The van der Waals surface area contributed by atoms with Gasteiger partial charge in [-0.3, -0.25) is 14.4 Å². The Morgan fingerprint density at radius 1 is 1.08 bits per heavy atom. The summed E-state index contributed by atoms with van der Waals surface area (Å²) >= 11 is 0. The molecule has 0 N–H and O–H groups in total. The summed E-state index contributed by atoms with van der Waals surface area (Å²) in [6.07, 6.45) is 6.93. The molecule has 24 heavy (non-hydrogen) atoms. The first kappa shape index (κ1) is 19.5. The lowest BCUT2D eigenvalue weighted by Crippen LogP contribution is -2.66. The van der Waals surface area contributed by atoms with Crippen LogP contribution < -0.4 is 0 Å². The number of carbonyl (C=O) groups excluding carboxylic acids is 3. The van der Waals surface area contributed by atoms with Gasteiger partial charge < -0.3 is 23.7 Å². The zero-order valence-electron chi connectivity index (χ0n) is 13.6. The predicted molar refractivity (Wildman–Crippen MR) is 79.0 cm³/mol. The van der Waals surface area contributed by atoms with Crippen molar-refractivity contribution in [1.29, 1.82) is 0 Å². The Labute approximate surface area is 139 Å². The summed E-state index contributed by atoms with van der Waals surface area (Å²) in [5.41, 5.74) is -1.78. The van der Waals surface area contributed by atoms with E-state index in [4.69, 9.17) is 36.5 Å². The van der Waals surface area contributed by atoms with Gasteiger partial charge in [-0.1, -0.05) is 11.8 Å². The SMILES string of the molecule is C#CCO[C@]1(C#C)[C@H](OC(C)=O)CO[C@@H](OC(C)=O)[C@@H]1OC(C)=O. The van der Waals surface area contributed by atoms with Gasteiger partial charge in [-0.25, -0.2) is 0 Å².